The minimum atomic E-state index is -0.449. The van der Waals surface area contributed by atoms with Crippen molar-refractivity contribution in [3.05, 3.63) is 114 Å². The fraction of sp³-hybridized carbons (Fsp3) is 0.0690. The van der Waals surface area contributed by atoms with Crippen molar-refractivity contribution in [2.24, 2.45) is 5.10 Å². The predicted molar refractivity (Wildman–Crippen MR) is 141 cm³/mol. The Balaban J connectivity index is 1.42. The maximum atomic E-state index is 12.8. The number of amides is 2. The second-order valence-corrected chi connectivity index (χ2v) is 7.76. The number of anilines is 1. The van der Waals surface area contributed by atoms with Gasteiger partial charge in [-0.15, -0.1) is 0 Å². The molecule has 0 unspecified atom stereocenters. The lowest BCUT2D eigenvalue weighted by atomic mass is 10.0. The molecule has 0 fully saturated rings. The summed E-state index contributed by atoms with van der Waals surface area (Å²) in [6.07, 6.45) is 1.57. The lowest BCUT2D eigenvalue weighted by Crippen LogP contribution is -2.21. The zero-order valence-corrected chi connectivity index (χ0v) is 19.9. The molecule has 180 valence electrons. The van der Waals surface area contributed by atoms with Gasteiger partial charge in [-0.2, -0.15) is 5.10 Å². The minimum absolute atomic E-state index is 0.280. The molecule has 2 amide bonds. The summed E-state index contributed by atoms with van der Waals surface area (Å²) in [5, 5.41) is 6.85. The Morgan fingerprint density at radius 3 is 2.11 bits per heavy atom. The average molecular weight is 480 g/mol. The molecule has 0 aliphatic rings. The van der Waals surface area contributed by atoms with E-state index in [1.165, 1.54) is 14.2 Å². The summed E-state index contributed by atoms with van der Waals surface area (Å²) in [5.74, 6) is 0.109. The number of hydrogen-bond donors (Lipinski definition) is 2. The molecule has 0 aliphatic carbocycles. The van der Waals surface area contributed by atoms with Crippen molar-refractivity contribution in [3.8, 4) is 22.6 Å². The van der Waals surface area contributed by atoms with Gasteiger partial charge < -0.3 is 14.8 Å². The Morgan fingerprint density at radius 2 is 1.39 bits per heavy atom. The van der Waals surface area contributed by atoms with E-state index in [9.17, 15) is 9.59 Å². The van der Waals surface area contributed by atoms with Gasteiger partial charge in [-0.1, -0.05) is 66.7 Å². The van der Waals surface area contributed by atoms with Crippen molar-refractivity contribution in [2.75, 3.05) is 19.5 Å². The first kappa shape index (κ1) is 24.2. The Labute approximate surface area is 209 Å². The molecule has 4 aromatic carbocycles. The number of rotatable bonds is 8. The molecule has 0 spiro atoms. The van der Waals surface area contributed by atoms with Crippen LogP contribution in [0.2, 0.25) is 0 Å². The second-order valence-electron chi connectivity index (χ2n) is 7.76. The van der Waals surface area contributed by atoms with Crippen molar-refractivity contribution < 1.29 is 19.1 Å². The topological polar surface area (TPSA) is 89.0 Å². The number of hydrazone groups is 1. The highest BCUT2D eigenvalue weighted by Crippen LogP contribution is 2.28. The van der Waals surface area contributed by atoms with Gasteiger partial charge in [0.2, 0.25) is 0 Å². The van der Waals surface area contributed by atoms with Crippen LogP contribution in [-0.4, -0.2) is 32.2 Å². The highest BCUT2D eigenvalue weighted by Gasteiger charge is 2.15. The van der Waals surface area contributed by atoms with Crippen LogP contribution >= 0.6 is 0 Å². The van der Waals surface area contributed by atoms with Crippen LogP contribution in [0.5, 0.6) is 11.5 Å². The molecule has 4 rings (SSSR count). The number of carbonyl (C=O) groups is 2. The molecule has 0 bridgehead atoms. The summed E-state index contributed by atoms with van der Waals surface area (Å²) in [6, 6.07) is 29.5. The molecule has 7 heteroatoms. The Kier molecular flexibility index (Phi) is 7.73. The van der Waals surface area contributed by atoms with E-state index in [4.69, 9.17) is 9.47 Å². The maximum absolute atomic E-state index is 12.8. The standard InChI is InChI=1S/C29H25N3O4/c1-35-26-17-16-23(18-27(26)36-2)28(33)31-25-11-7-6-10-24(25)29(34)32-30-19-20-12-14-22(15-13-20)21-8-4-3-5-9-21/h3-19H,1-2H3,(H,31,33)(H,32,34)/b30-19+. The molecule has 0 aromatic heterocycles. The Morgan fingerprint density at radius 1 is 0.722 bits per heavy atom. The van der Waals surface area contributed by atoms with Gasteiger partial charge in [0, 0.05) is 5.56 Å². The highest BCUT2D eigenvalue weighted by molar-refractivity contribution is 6.09. The van der Waals surface area contributed by atoms with Gasteiger partial charge in [-0.25, -0.2) is 5.43 Å². The number of methoxy groups -OCH3 is 2. The van der Waals surface area contributed by atoms with Crippen molar-refractivity contribution in [3.63, 3.8) is 0 Å². The molecule has 0 atom stereocenters. The molecule has 36 heavy (non-hydrogen) atoms. The van der Waals surface area contributed by atoms with E-state index in [1.807, 2.05) is 54.6 Å². The van der Waals surface area contributed by atoms with E-state index in [0.29, 0.717) is 22.7 Å². The first-order valence-corrected chi connectivity index (χ1v) is 11.2. The molecular formula is C29H25N3O4. The third-order valence-electron chi connectivity index (χ3n) is 5.46. The maximum Gasteiger partial charge on any atom is 0.273 e. The number of para-hydroxylation sites is 1. The van der Waals surface area contributed by atoms with E-state index in [2.05, 4.69) is 15.8 Å². The summed E-state index contributed by atoms with van der Waals surface area (Å²) < 4.78 is 10.5. The molecule has 0 radical (unpaired) electrons. The molecular weight excluding hydrogens is 454 g/mol. The number of benzene rings is 4. The van der Waals surface area contributed by atoms with Gasteiger partial charge in [0.25, 0.3) is 11.8 Å². The van der Waals surface area contributed by atoms with Gasteiger partial charge in [-0.3, -0.25) is 9.59 Å². The van der Waals surface area contributed by atoms with Gasteiger partial charge in [0.05, 0.1) is 31.7 Å². The highest BCUT2D eigenvalue weighted by atomic mass is 16.5. The lowest BCUT2D eigenvalue weighted by molar-refractivity contribution is 0.0956. The first-order chi connectivity index (χ1) is 17.6. The molecule has 0 saturated carbocycles. The van der Waals surface area contributed by atoms with Crippen LogP contribution in [0.4, 0.5) is 5.69 Å². The average Bonchev–Trinajstić information content (AvgIpc) is 2.93. The summed E-state index contributed by atoms with van der Waals surface area (Å²) in [6.45, 7) is 0. The van der Waals surface area contributed by atoms with Gasteiger partial charge in [0.1, 0.15) is 0 Å². The fourth-order valence-corrected chi connectivity index (χ4v) is 3.58. The summed E-state index contributed by atoms with van der Waals surface area (Å²) in [4.78, 5) is 25.6. The Hall–Kier alpha value is -4.91. The molecule has 4 aromatic rings. The number of nitrogens with one attached hydrogen (secondary N) is 2. The van der Waals surface area contributed by atoms with Crippen molar-refractivity contribution in [2.45, 2.75) is 0 Å². The van der Waals surface area contributed by atoms with Crippen LogP contribution in [0.3, 0.4) is 0 Å². The van der Waals surface area contributed by atoms with E-state index in [1.54, 1.807) is 48.7 Å². The molecule has 2 N–H and O–H groups in total. The minimum Gasteiger partial charge on any atom is -0.493 e. The number of nitrogens with zero attached hydrogens (tertiary/aromatic N) is 1. The van der Waals surface area contributed by atoms with Crippen LogP contribution in [-0.2, 0) is 0 Å². The second kappa shape index (κ2) is 11.5. The Bertz CT molecular complexity index is 1380. The zero-order valence-electron chi connectivity index (χ0n) is 19.9. The van der Waals surface area contributed by atoms with Gasteiger partial charge in [-0.05, 0) is 47.0 Å². The SMILES string of the molecule is COc1ccc(C(=O)Nc2ccccc2C(=O)N/N=C/c2ccc(-c3ccccc3)cc2)cc1OC. The van der Waals surface area contributed by atoms with Crippen LogP contribution in [0, 0.1) is 0 Å². The smallest absolute Gasteiger partial charge is 0.273 e. The van der Waals surface area contributed by atoms with Crippen molar-refractivity contribution in [1.29, 1.82) is 0 Å². The summed E-state index contributed by atoms with van der Waals surface area (Å²) >= 11 is 0. The molecule has 7 nitrogen and oxygen atoms in total. The lowest BCUT2D eigenvalue weighted by Gasteiger charge is -2.12. The first-order valence-electron chi connectivity index (χ1n) is 11.2. The fourth-order valence-electron chi connectivity index (χ4n) is 3.58. The number of ether oxygens (including phenoxy) is 2. The van der Waals surface area contributed by atoms with E-state index >= 15 is 0 Å². The monoisotopic (exact) mass is 479 g/mol. The van der Waals surface area contributed by atoms with Crippen LogP contribution in [0.25, 0.3) is 11.1 Å². The van der Waals surface area contributed by atoms with Crippen molar-refractivity contribution >= 4 is 23.7 Å². The van der Waals surface area contributed by atoms with Gasteiger partial charge >= 0.3 is 0 Å². The number of carbonyl (C=O) groups excluding carboxylic acids is 2. The zero-order chi connectivity index (χ0) is 25.3. The van der Waals surface area contributed by atoms with Gasteiger partial charge in [0.15, 0.2) is 11.5 Å². The third-order valence-corrected chi connectivity index (χ3v) is 5.46. The predicted octanol–water partition coefficient (Wildman–Crippen LogP) is 5.39. The summed E-state index contributed by atoms with van der Waals surface area (Å²) in [7, 11) is 3.02. The van der Waals surface area contributed by atoms with E-state index < -0.39 is 11.8 Å². The molecule has 0 aliphatic heterocycles. The molecule has 0 saturated heterocycles. The largest absolute Gasteiger partial charge is 0.493 e. The normalized spacial score (nSPS) is 10.6. The van der Waals surface area contributed by atoms with Crippen LogP contribution in [0.1, 0.15) is 26.3 Å². The van der Waals surface area contributed by atoms with E-state index in [0.717, 1.165) is 16.7 Å². The third kappa shape index (κ3) is 5.77. The number of hydrogen-bond acceptors (Lipinski definition) is 5. The summed E-state index contributed by atoms with van der Waals surface area (Å²) in [5.41, 5.74) is 6.58. The van der Waals surface area contributed by atoms with E-state index in [-0.39, 0.29) is 5.56 Å². The quantitative estimate of drug-likeness (QED) is 0.262. The van der Waals surface area contributed by atoms with Crippen LogP contribution in [0.15, 0.2) is 102 Å². The van der Waals surface area contributed by atoms with Crippen molar-refractivity contribution in [1.82, 2.24) is 5.43 Å². The van der Waals surface area contributed by atoms with Crippen LogP contribution < -0.4 is 20.2 Å². The molecule has 0 heterocycles.